The fourth-order valence-corrected chi connectivity index (χ4v) is 3.07. The summed E-state index contributed by atoms with van der Waals surface area (Å²) in [6, 6.07) is -0.0197. The molecule has 1 N–H and O–H groups in total. The number of rotatable bonds is 3. The van der Waals surface area contributed by atoms with Gasteiger partial charge in [0.2, 0.25) is 0 Å². The second-order valence-corrected chi connectivity index (χ2v) is 7.03. The Balaban J connectivity index is 1.74. The molecule has 0 radical (unpaired) electrons. The molecule has 1 aliphatic carbocycles. The van der Waals surface area contributed by atoms with Crippen molar-refractivity contribution < 1.29 is 13.9 Å². The third-order valence-corrected chi connectivity index (χ3v) is 4.14. The maximum atomic E-state index is 12.4. The Morgan fingerprint density at radius 2 is 2.05 bits per heavy atom. The SMILES string of the molecule is CC1(C)CC(NC(=O)c2ncoc2C2CC2)C(C)(C)O1. The predicted octanol–water partition coefficient (Wildman–Crippen LogP) is 2.63. The van der Waals surface area contributed by atoms with Crippen LogP contribution in [0.15, 0.2) is 10.8 Å². The molecule has 110 valence electrons. The van der Waals surface area contributed by atoms with E-state index in [0.717, 1.165) is 25.0 Å². The van der Waals surface area contributed by atoms with Gasteiger partial charge in [0.25, 0.3) is 5.91 Å². The molecule has 2 aliphatic rings. The lowest BCUT2D eigenvalue weighted by molar-refractivity contribution is -0.0693. The molecule has 1 saturated carbocycles. The van der Waals surface area contributed by atoms with E-state index < -0.39 is 0 Å². The Hall–Kier alpha value is -1.36. The van der Waals surface area contributed by atoms with E-state index in [1.54, 1.807) is 0 Å². The molecule has 1 atom stereocenters. The van der Waals surface area contributed by atoms with Crippen LogP contribution in [0, 0.1) is 0 Å². The maximum absolute atomic E-state index is 12.4. The van der Waals surface area contributed by atoms with Gasteiger partial charge in [0.1, 0.15) is 5.76 Å². The van der Waals surface area contributed by atoms with Crippen LogP contribution in [0.5, 0.6) is 0 Å². The second kappa shape index (κ2) is 4.32. The Morgan fingerprint density at radius 1 is 1.35 bits per heavy atom. The molecular weight excluding hydrogens is 256 g/mol. The topological polar surface area (TPSA) is 64.4 Å². The van der Waals surface area contributed by atoms with Crippen LogP contribution in [0.1, 0.15) is 69.1 Å². The molecule has 1 aliphatic heterocycles. The fourth-order valence-electron chi connectivity index (χ4n) is 3.07. The molecule has 5 heteroatoms. The Labute approximate surface area is 119 Å². The zero-order valence-corrected chi connectivity index (χ0v) is 12.5. The quantitative estimate of drug-likeness (QED) is 0.923. The summed E-state index contributed by atoms with van der Waals surface area (Å²) < 4.78 is 11.4. The Morgan fingerprint density at radius 3 is 2.60 bits per heavy atom. The summed E-state index contributed by atoms with van der Waals surface area (Å²) in [5.41, 5.74) is -0.152. The number of nitrogens with zero attached hydrogens (tertiary/aromatic N) is 1. The van der Waals surface area contributed by atoms with Crippen LogP contribution in [0.25, 0.3) is 0 Å². The monoisotopic (exact) mass is 278 g/mol. The summed E-state index contributed by atoms with van der Waals surface area (Å²) in [4.78, 5) is 16.5. The van der Waals surface area contributed by atoms with Crippen LogP contribution in [-0.4, -0.2) is 28.1 Å². The van der Waals surface area contributed by atoms with Crippen molar-refractivity contribution in [3.63, 3.8) is 0 Å². The summed E-state index contributed by atoms with van der Waals surface area (Å²) in [7, 11) is 0. The van der Waals surface area contributed by atoms with Gasteiger partial charge in [-0.3, -0.25) is 4.79 Å². The zero-order chi connectivity index (χ0) is 14.5. The van der Waals surface area contributed by atoms with Crippen LogP contribution in [0.3, 0.4) is 0 Å². The molecule has 1 aromatic rings. The summed E-state index contributed by atoms with van der Waals surface area (Å²) in [5, 5.41) is 3.06. The van der Waals surface area contributed by atoms with Gasteiger partial charge in [-0.1, -0.05) is 0 Å². The highest BCUT2D eigenvalue weighted by atomic mass is 16.5. The lowest BCUT2D eigenvalue weighted by Crippen LogP contribution is -2.46. The van der Waals surface area contributed by atoms with Gasteiger partial charge in [-0.2, -0.15) is 0 Å². The van der Waals surface area contributed by atoms with Gasteiger partial charge in [-0.25, -0.2) is 4.98 Å². The molecule has 20 heavy (non-hydrogen) atoms. The van der Waals surface area contributed by atoms with Gasteiger partial charge in [0, 0.05) is 5.92 Å². The van der Waals surface area contributed by atoms with Crippen molar-refractivity contribution >= 4 is 5.91 Å². The fraction of sp³-hybridized carbons (Fsp3) is 0.733. The summed E-state index contributed by atoms with van der Waals surface area (Å²) in [6.07, 6.45) is 4.33. The molecule has 1 saturated heterocycles. The predicted molar refractivity (Wildman–Crippen MR) is 73.6 cm³/mol. The van der Waals surface area contributed by atoms with Gasteiger partial charge in [0.05, 0.1) is 17.2 Å². The van der Waals surface area contributed by atoms with E-state index in [4.69, 9.17) is 9.15 Å². The van der Waals surface area contributed by atoms with E-state index in [1.807, 2.05) is 27.7 Å². The standard InChI is InChI=1S/C15H22N2O3/c1-14(2)7-10(15(3,4)20-14)17-13(18)11-12(9-5-6-9)19-8-16-11/h8-10H,5-7H2,1-4H3,(H,17,18). The lowest BCUT2D eigenvalue weighted by Gasteiger charge is -2.27. The van der Waals surface area contributed by atoms with Crippen molar-refractivity contribution in [3.8, 4) is 0 Å². The first-order valence-electron chi connectivity index (χ1n) is 7.23. The average molecular weight is 278 g/mol. The van der Waals surface area contributed by atoms with E-state index in [2.05, 4.69) is 10.3 Å². The molecule has 0 bridgehead atoms. The van der Waals surface area contributed by atoms with Crippen molar-refractivity contribution in [1.82, 2.24) is 10.3 Å². The first kappa shape index (κ1) is 13.6. The van der Waals surface area contributed by atoms with Gasteiger partial charge < -0.3 is 14.5 Å². The highest BCUT2D eigenvalue weighted by molar-refractivity contribution is 5.93. The van der Waals surface area contributed by atoms with Crippen LogP contribution >= 0.6 is 0 Å². The van der Waals surface area contributed by atoms with Crippen molar-refractivity contribution in [2.45, 2.75) is 70.1 Å². The Bertz CT molecular complexity index is 529. The normalized spacial score (nSPS) is 27.5. The Kier molecular flexibility index (Phi) is 2.94. The van der Waals surface area contributed by atoms with E-state index >= 15 is 0 Å². The highest BCUT2D eigenvalue weighted by Gasteiger charge is 2.47. The summed E-state index contributed by atoms with van der Waals surface area (Å²) in [6.45, 7) is 8.12. The summed E-state index contributed by atoms with van der Waals surface area (Å²) >= 11 is 0. The second-order valence-electron chi connectivity index (χ2n) is 7.03. The zero-order valence-electron chi connectivity index (χ0n) is 12.5. The smallest absolute Gasteiger partial charge is 0.273 e. The number of oxazole rings is 1. The minimum Gasteiger partial charge on any atom is -0.447 e. The molecule has 0 aromatic carbocycles. The first-order chi connectivity index (χ1) is 9.28. The van der Waals surface area contributed by atoms with E-state index in [1.165, 1.54) is 6.39 Å². The van der Waals surface area contributed by atoms with E-state index in [9.17, 15) is 4.79 Å². The maximum Gasteiger partial charge on any atom is 0.273 e. The number of hydrogen-bond acceptors (Lipinski definition) is 4. The first-order valence-corrected chi connectivity index (χ1v) is 7.23. The molecule has 2 fully saturated rings. The molecule has 2 heterocycles. The van der Waals surface area contributed by atoms with Gasteiger partial charge in [0.15, 0.2) is 12.1 Å². The molecule has 0 spiro atoms. The highest BCUT2D eigenvalue weighted by Crippen LogP contribution is 2.42. The largest absolute Gasteiger partial charge is 0.447 e. The number of aromatic nitrogens is 1. The number of ether oxygens (including phenoxy) is 1. The molecule has 1 aromatic heterocycles. The number of carbonyl (C=O) groups excluding carboxylic acids is 1. The van der Waals surface area contributed by atoms with Crippen LogP contribution < -0.4 is 5.32 Å². The minimum atomic E-state index is -0.372. The third-order valence-electron chi connectivity index (χ3n) is 4.14. The molecule has 5 nitrogen and oxygen atoms in total. The summed E-state index contributed by atoms with van der Waals surface area (Å²) in [5.74, 6) is 0.959. The van der Waals surface area contributed by atoms with Crippen molar-refractivity contribution in [2.24, 2.45) is 0 Å². The molecule has 3 rings (SSSR count). The van der Waals surface area contributed by atoms with Crippen LogP contribution in [0.4, 0.5) is 0 Å². The van der Waals surface area contributed by atoms with E-state index in [-0.39, 0.29) is 23.2 Å². The lowest BCUT2D eigenvalue weighted by atomic mass is 9.94. The van der Waals surface area contributed by atoms with Crippen LogP contribution in [-0.2, 0) is 4.74 Å². The molecular formula is C15H22N2O3. The number of nitrogens with one attached hydrogen (secondary N) is 1. The van der Waals surface area contributed by atoms with Crippen molar-refractivity contribution in [2.75, 3.05) is 0 Å². The van der Waals surface area contributed by atoms with Gasteiger partial charge in [-0.15, -0.1) is 0 Å². The molecule has 1 amide bonds. The van der Waals surface area contributed by atoms with Gasteiger partial charge in [-0.05, 0) is 47.0 Å². The third kappa shape index (κ3) is 2.46. The van der Waals surface area contributed by atoms with Crippen LogP contribution in [0.2, 0.25) is 0 Å². The average Bonchev–Trinajstić information content (AvgIpc) is 2.98. The van der Waals surface area contributed by atoms with Gasteiger partial charge >= 0.3 is 0 Å². The minimum absolute atomic E-state index is 0.0197. The number of hydrogen-bond donors (Lipinski definition) is 1. The molecule has 1 unspecified atom stereocenters. The number of carbonyl (C=O) groups is 1. The van der Waals surface area contributed by atoms with Crippen molar-refractivity contribution in [3.05, 3.63) is 17.8 Å². The van der Waals surface area contributed by atoms with Crippen molar-refractivity contribution in [1.29, 1.82) is 0 Å². The number of amides is 1. The van der Waals surface area contributed by atoms with E-state index in [0.29, 0.717) is 11.6 Å².